The number of carbonyl (C=O) groups is 1. The molecule has 52 heavy (non-hydrogen) atoms. The van der Waals surface area contributed by atoms with Gasteiger partial charge in [0.05, 0.1) is 42.0 Å². The van der Waals surface area contributed by atoms with Crippen LogP contribution in [0.5, 0.6) is 11.5 Å². The van der Waals surface area contributed by atoms with Gasteiger partial charge in [0.25, 0.3) is 5.91 Å². The molecule has 1 amide bonds. The molecule has 268 valence electrons. The van der Waals surface area contributed by atoms with Gasteiger partial charge in [0.1, 0.15) is 24.7 Å². The molecule has 11 nitrogen and oxygen atoms in total. The van der Waals surface area contributed by atoms with Crippen molar-refractivity contribution in [1.82, 2.24) is 15.4 Å². The number of nitrogens with one attached hydrogen (secondary N) is 1. The summed E-state index contributed by atoms with van der Waals surface area (Å²) in [6, 6.07) is 27.7. The van der Waals surface area contributed by atoms with Gasteiger partial charge in [-0.05, 0) is 65.4 Å². The van der Waals surface area contributed by atoms with Crippen LogP contribution in [-0.2, 0) is 19.8 Å². The highest BCUT2D eigenvalue weighted by Gasteiger charge is 2.27. The van der Waals surface area contributed by atoms with Crippen molar-refractivity contribution >= 4 is 17.5 Å². The molecular weight excluding hydrogens is 684 g/mol. The predicted octanol–water partition coefficient (Wildman–Crippen LogP) is 5.65. The minimum Gasteiger partial charge on any atom is -0.488 e. The van der Waals surface area contributed by atoms with E-state index in [1.54, 1.807) is 41.3 Å². The molecule has 0 aliphatic carbocycles. The topological polar surface area (TPSA) is 161 Å². The smallest absolute Gasteiger partial charge is 0.276 e. The van der Waals surface area contributed by atoms with Gasteiger partial charge in [0, 0.05) is 42.9 Å². The summed E-state index contributed by atoms with van der Waals surface area (Å²) in [5.41, 5.74) is 6.90. The van der Waals surface area contributed by atoms with Crippen LogP contribution in [0.3, 0.4) is 0 Å². The Morgan fingerprint density at radius 3 is 2.54 bits per heavy atom. The number of rotatable bonds is 14. The van der Waals surface area contributed by atoms with E-state index in [1.165, 1.54) is 0 Å². The Bertz CT molecular complexity index is 2070. The number of aliphatic hydroxyl groups excluding tert-OH is 3. The van der Waals surface area contributed by atoms with Crippen molar-refractivity contribution in [2.75, 3.05) is 26.3 Å². The van der Waals surface area contributed by atoms with Crippen molar-refractivity contribution in [3.05, 3.63) is 123 Å². The molecule has 0 unspecified atom stereocenters. The molecule has 1 aromatic heterocycles. The summed E-state index contributed by atoms with van der Waals surface area (Å²) in [7, 11) is 0. The van der Waals surface area contributed by atoms with Crippen molar-refractivity contribution in [2.24, 2.45) is 0 Å². The number of hydrogen-bond acceptors (Lipinski definition) is 10. The molecule has 5 aromatic rings. The first kappa shape index (κ1) is 36.6. The zero-order valence-electron chi connectivity index (χ0n) is 28.6. The predicted molar refractivity (Wildman–Crippen MR) is 195 cm³/mol. The number of β-amino-alcohol motifs (C(OH)–C–C–N with tert-alkyl or cyclic N) is 1. The minimum atomic E-state index is -0.516. The van der Waals surface area contributed by atoms with E-state index in [0.29, 0.717) is 46.4 Å². The maximum absolute atomic E-state index is 12.9. The van der Waals surface area contributed by atoms with Crippen molar-refractivity contribution < 1.29 is 34.1 Å². The van der Waals surface area contributed by atoms with Gasteiger partial charge in [0.15, 0.2) is 11.5 Å². The lowest BCUT2D eigenvalue weighted by Gasteiger charge is -2.19. The van der Waals surface area contributed by atoms with E-state index in [2.05, 4.69) is 16.5 Å². The average Bonchev–Trinajstić information content (AvgIpc) is 3.85. The van der Waals surface area contributed by atoms with Gasteiger partial charge in [-0.1, -0.05) is 65.3 Å². The van der Waals surface area contributed by atoms with Crippen LogP contribution in [0.4, 0.5) is 0 Å². The lowest BCUT2D eigenvalue weighted by molar-refractivity contribution is 0.0755. The fraction of sp³-hybridized carbons (Fsp3) is 0.275. The quantitative estimate of drug-likeness (QED) is 0.113. The minimum absolute atomic E-state index is 0.196. The van der Waals surface area contributed by atoms with Crippen molar-refractivity contribution in [3.63, 3.8) is 0 Å². The number of nitrogens with zero attached hydrogens (tertiary/aromatic N) is 3. The van der Waals surface area contributed by atoms with E-state index >= 15 is 0 Å². The number of halogens is 1. The summed E-state index contributed by atoms with van der Waals surface area (Å²) in [6.45, 7) is 3.01. The Hall–Kier alpha value is -5.22. The van der Waals surface area contributed by atoms with Crippen LogP contribution < -0.4 is 14.8 Å². The molecule has 1 saturated heterocycles. The van der Waals surface area contributed by atoms with Crippen molar-refractivity contribution in [3.8, 4) is 40.0 Å². The number of ether oxygens (including phenoxy) is 2. The number of amides is 1. The Balaban J connectivity index is 1.20. The molecule has 1 fully saturated rings. The number of carbonyl (C=O) groups excluding carboxylic acids is 1. The van der Waals surface area contributed by atoms with Gasteiger partial charge in [-0.3, -0.25) is 4.79 Å². The Kier molecular flexibility index (Phi) is 11.9. The zero-order valence-corrected chi connectivity index (χ0v) is 29.3. The summed E-state index contributed by atoms with van der Waals surface area (Å²) in [6.07, 6.45) is 0.0328. The maximum atomic E-state index is 12.9. The van der Waals surface area contributed by atoms with Gasteiger partial charge in [0.2, 0.25) is 0 Å². The molecular formula is C40H39ClN4O7. The van der Waals surface area contributed by atoms with Crippen molar-refractivity contribution in [2.45, 2.75) is 45.2 Å². The molecule has 4 N–H and O–H groups in total. The monoisotopic (exact) mass is 722 g/mol. The SMILES string of the molecule is Cc1c(COc2cc(OCc3cccc(C#N)c3)c(CNC(CO)CO)cc2Cl)cccc1-c1cccc(-c2cc(C(=O)N3CC[C@@H](O)C3)no2)c1. The van der Waals surface area contributed by atoms with Gasteiger partial charge >= 0.3 is 0 Å². The second kappa shape index (κ2) is 16.9. The number of benzene rings is 4. The molecule has 0 spiro atoms. The lowest BCUT2D eigenvalue weighted by Crippen LogP contribution is -2.35. The Labute approximate surface area is 306 Å². The van der Waals surface area contributed by atoms with E-state index in [4.69, 9.17) is 25.6 Å². The molecule has 0 radical (unpaired) electrons. The van der Waals surface area contributed by atoms with Crippen LogP contribution in [-0.4, -0.2) is 69.7 Å². The van der Waals surface area contributed by atoms with E-state index < -0.39 is 12.1 Å². The first-order valence-corrected chi connectivity index (χ1v) is 17.3. The Morgan fingerprint density at radius 2 is 1.77 bits per heavy atom. The summed E-state index contributed by atoms with van der Waals surface area (Å²) in [5, 5.41) is 45.7. The second-order valence-corrected chi connectivity index (χ2v) is 13.1. The molecule has 12 heteroatoms. The first-order valence-electron chi connectivity index (χ1n) is 16.9. The van der Waals surface area contributed by atoms with E-state index in [-0.39, 0.29) is 51.1 Å². The van der Waals surface area contributed by atoms with Gasteiger partial charge in [-0.15, -0.1) is 0 Å². The largest absolute Gasteiger partial charge is 0.488 e. The highest BCUT2D eigenvalue weighted by molar-refractivity contribution is 6.32. The number of aromatic nitrogens is 1. The van der Waals surface area contributed by atoms with Crippen LogP contribution in [0.2, 0.25) is 5.02 Å². The van der Waals surface area contributed by atoms with Crippen LogP contribution in [0.1, 0.15) is 44.7 Å². The molecule has 2 heterocycles. The van der Waals surface area contributed by atoms with Crippen LogP contribution >= 0.6 is 11.6 Å². The van der Waals surface area contributed by atoms with E-state index in [1.807, 2.05) is 55.5 Å². The lowest BCUT2D eigenvalue weighted by atomic mass is 9.95. The standard InChI is InChI=1S/C40H39ClN4O7/c1-25-30(9-4-10-34(25)28-7-3-8-29(14-28)38-16-36(44-52-38)40(49)45-12-11-33(48)20-45)24-51-39-17-37(50-23-27-6-2-5-26(13-27)18-42)31(15-35(39)41)19-43-32(21-46)22-47/h2-10,13-17,32-33,43,46-48H,11-12,19-24H2,1H3/t33-/m1/s1. The molecule has 1 aliphatic heterocycles. The maximum Gasteiger partial charge on any atom is 0.276 e. The molecule has 0 saturated carbocycles. The van der Waals surface area contributed by atoms with E-state index in [9.17, 15) is 25.4 Å². The fourth-order valence-corrected chi connectivity index (χ4v) is 6.28. The molecule has 0 bridgehead atoms. The van der Waals surface area contributed by atoms with Crippen LogP contribution in [0.15, 0.2) is 89.5 Å². The summed E-state index contributed by atoms with van der Waals surface area (Å²) < 4.78 is 18.1. The average molecular weight is 723 g/mol. The summed E-state index contributed by atoms with van der Waals surface area (Å²) in [5.74, 6) is 1.12. The van der Waals surface area contributed by atoms with Crippen LogP contribution in [0, 0.1) is 18.3 Å². The summed E-state index contributed by atoms with van der Waals surface area (Å²) >= 11 is 6.72. The molecule has 6 rings (SSSR count). The third-order valence-electron chi connectivity index (χ3n) is 9.05. The van der Waals surface area contributed by atoms with Crippen LogP contribution in [0.25, 0.3) is 22.5 Å². The van der Waals surface area contributed by atoms with Gasteiger partial charge in [-0.25, -0.2) is 0 Å². The normalized spacial score (nSPS) is 14.1. The number of hydrogen-bond donors (Lipinski definition) is 4. The highest BCUT2D eigenvalue weighted by atomic mass is 35.5. The first-order chi connectivity index (χ1) is 25.3. The molecule has 1 atom stereocenters. The van der Waals surface area contributed by atoms with Crippen molar-refractivity contribution in [1.29, 1.82) is 5.26 Å². The Morgan fingerprint density at radius 1 is 1.00 bits per heavy atom. The third-order valence-corrected chi connectivity index (χ3v) is 9.35. The molecule has 4 aromatic carbocycles. The fourth-order valence-electron chi connectivity index (χ4n) is 6.04. The zero-order chi connectivity index (χ0) is 36.6. The second-order valence-electron chi connectivity index (χ2n) is 12.7. The number of nitriles is 1. The van der Waals surface area contributed by atoms with Gasteiger partial charge in [-0.2, -0.15) is 5.26 Å². The number of likely N-dealkylation sites (tertiary alicyclic amines) is 1. The van der Waals surface area contributed by atoms with E-state index in [0.717, 1.165) is 33.4 Å². The van der Waals surface area contributed by atoms with Gasteiger partial charge < -0.3 is 39.5 Å². The summed E-state index contributed by atoms with van der Waals surface area (Å²) in [4.78, 5) is 14.4. The molecule has 1 aliphatic rings. The third kappa shape index (κ3) is 8.62. The highest BCUT2D eigenvalue weighted by Crippen LogP contribution is 2.35. The number of aliphatic hydroxyl groups is 3.